The van der Waals surface area contributed by atoms with E-state index < -0.39 is 30.0 Å². The molecule has 64 heavy (non-hydrogen) atoms. The van der Waals surface area contributed by atoms with E-state index in [1.165, 1.54) is 4.57 Å². The molecular weight excluding hydrogens is 846 g/mol. The number of aryl methyl sites for hydroxylation is 2. The molecular formula is C46H51ClF2N10O5. The van der Waals surface area contributed by atoms with E-state index in [4.69, 9.17) is 31.2 Å². The number of hydrogen-bond acceptors (Lipinski definition) is 12. The van der Waals surface area contributed by atoms with Gasteiger partial charge in [-0.2, -0.15) is 10.1 Å². The number of carbonyl (C=O) groups excluding carboxylic acids is 2. The third kappa shape index (κ3) is 7.37. The molecule has 2 aromatic carbocycles. The highest BCUT2D eigenvalue weighted by molar-refractivity contribution is 6.33. The number of piperidine rings is 2. The number of anilines is 5. The standard InChI is InChI=1S/C46H51ClF2N10O5/c1-56-34-9-5-26(19-32(34)38-39(43(56)62)63-24-46(48,49)40(53-38)25-3-4-25)51-41-33(47)21-50-44(54-41)59-22-45(23-59)15-11-28(12-16-45)64-29-13-17-58(18-14-29)27-6-7-30-35(20-27)57(2)55-37(30)31-8-10-36(60)52-42(31)61/h5-7,9,19-21,25,28-29,31,40,53H,3-4,8,10-18,22-24H2,1-2H3,(H,50,51,54)(H,52,60,61)/t31?,40-/m0/s1. The van der Waals surface area contributed by atoms with Crippen molar-refractivity contribution in [1.29, 1.82) is 0 Å². The highest BCUT2D eigenvalue weighted by atomic mass is 35.5. The number of benzene rings is 2. The monoisotopic (exact) mass is 896 g/mol. The summed E-state index contributed by atoms with van der Waals surface area (Å²) in [6, 6.07) is 10.6. The van der Waals surface area contributed by atoms with Gasteiger partial charge in [0.2, 0.25) is 23.5 Å². The molecule has 3 saturated heterocycles. The summed E-state index contributed by atoms with van der Waals surface area (Å²) in [5.74, 6) is -3.33. The molecule has 1 unspecified atom stereocenters. The fourth-order valence-corrected chi connectivity index (χ4v) is 10.9. The Labute approximate surface area is 372 Å². The molecule has 6 aliphatic rings. The van der Waals surface area contributed by atoms with Gasteiger partial charge < -0.3 is 34.5 Å². The van der Waals surface area contributed by atoms with E-state index in [1.54, 1.807) is 19.3 Å². The van der Waals surface area contributed by atoms with Gasteiger partial charge in [0.1, 0.15) is 5.02 Å². The third-order valence-electron chi connectivity index (χ3n) is 14.6. The quantitative estimate of drug-likeness (QED) is 0.140. The van der Waals surface area contributed by atoms with Crippen LogP contribution in [0.3, 0.4) is 0 Å². The lowest BCUT2D eigenvalue weighted by Gasteiger charge is -2.53. The average molecular weight is 897 g/mol. The number of amides is 2. The first-order valence-corrected chi connectivity index (χ1v) is 22.9. The molecule has 7 heterocycles. The number of nitrogens with one attached hydrogen (secondary N) is 3. The Bertz CT molecular complexity index is 2750. The van der Waals surface area contributed by atoms with Crippen LogP contribution in [-0.4, -0.2) is 93.1 Å². The largest absolute Gasteiger partial charge is 0.480 e. The lowest BCUT2D eigenvalue weighted by atomic mass is 9.68. The molecule has 4 aliphatic heterocycles. The summed E-state index contributed by atoms with van der Waals surface area (Å²) in [6.45, 7) is 2.64. The van der Waals surface area contributed by atoms with Crippen LogP contribution in [-0.2, 0) is 28.4 Å². The van der Waals surface area contributed by atoms with E-state index in [9.17, 15) is 14.4 Å². The summed E-state index contributed by atoms with van der Waals surface area (Å²) >= 11 is 6.64. The second-order valence-electron chi connectivity index (χ2n) is 18.9. The van der Waals surface area contributed by atoms with Crippen LogP contribution in [0.5, 0.6) is 5.75 Å². The van der Waals surface area contributed by atoms with Crippen molar-refractivity contribution in [3.8, 4) is 5.75 Å². The predicted molar refractivity (Wildman–Crippen MR) is 239 cm³/mol. The summed E-state index contributed by atoms with van der Waals surface area (Å²) in [4.78, 5) is 51.6. The number of alkyl halides is 2. The van der Waals surface area contributed by atoms with Crippen molar-refractivity contribution in [2.45, 2.75) is 94.3 Å². The summed E-state index contributed by atoms with van der Waals surface area (Å²) in [5.41, 5.74) is 4.04. The van der Waals surface area contributed by atoms with E-state index in [-0.39, 0.29) is 46.8 Å². The number of rotatable bonds is 8. The zero-order valence-electron chi connectivity index (χ0n) is 35.8. The van der Waals surface area contributed by atoms with E-state index in [2.05, 4.69) is 48.9 Å². The molecule has 5 fully saturated rings. The van der Waals surface area contributed by atoms with Gasteiger partial charge in [0, 0.05) is 74.3 Å². The maximum Gasteiger partial charge on any atom is 0.301 e. The number of imide groups is 1. The summed E-state index contributed by atoms with van der Waals surface area (Å²) in [5, 5.41) is 15.4. The van der Waals surface area contributed by atoms with Gasteiger partial charge in [-0.15, -0.1) is 0 Å². The van der Waals surface area contributed by atoms with Gasteiger partial charge in [-0.3, -0.25) is 24.4 Å². The molecule has 0 radical (unpaired) electrons. The van der Waals surface area contributed by atoms with Crippen LogP contribution in [0.1, 0.15) is 75.8 Å². The highest BCUT2D eigenvalue weighted by Gasteiger charge is 2.51. The number of ether oxygens (including phenoxy) is 2. The highest BCUT2D eigenvalue weighted by Crippen LogP contribution is 2.48. The molecule has 3 N–H and O–H groups in total. The molecule has 336 valence electrons. The maximum atomic E-state index is 15.2. The van der Waals surface area contributed by atoms with E-state index in [0.29, 0.717) is 59.1 Å². The van der Waals surface area contributed by atoms with Gasteiger partial charge in [0.05, 0.1) is 52.8 Å². The van der Waals surface area contributed by atoms with Gasteiger partial charge in [-0.25, -0.2) is 13.8 Å². The molecule has 11 rings (SSSR count). The summed E-state index contributed by atoms with van der Waals surface area (Å²) in [7, 11) is 3.51. The number of pyridine rings is 1. The Morgan fingerprint density at radius 3 is 2.42 bits per heavy atom. The van der Waals surface area contributed by atoms with E-state index in [0.717, 1.165) is 87.0 Å². The fourth-order valence-electron chi connectivity index (χ4n) is 10.8. The number of halogens is 3. The molecule has 3 aromatic heterocycles. The SMILES string of the molecule is Cn1nc(C2CCC(=O)NC2=O)c2ccc(N3CCC(OC4CCC5(CC4)CN(c4ncc(Cl)c(Nc6ccc7c(c6)c6c(c(=O)n7C)OCC(F)(F)[C@H](C7CC7)N6)n4)C5)CC3)cc21. The molecule has 2 amide bonds. The van der Waals surface area contributed by atoms with Crippen LogP contribution in [0, 0.1) is 11.3 Å². The van der Waals surface area contributed by atoms with Crippen LogP contribution in [0.4, 0.5) is 37.6 Å². The Kier molecular flexibility index (Phi) is 10.0. The van der Waals surface area contributed by atoms with E-state index >= 15 is 8.78 Å². The average Bonchev–Trinajstić information content (AvgIpc) is 4.08. The number of carbonyl (C=O) groups is 2. The second-order valence-corrected chi connectivity index (χ2v) is 19.3. The maximum absolute atomic E-state index is 15.2. The first kappa shape index (κ1) is 41.2. The minimum atomic E-state index is -3.13. The predicted octanol–water partition coefficient (Wildman–Crippen LogP) is 6.79. The van der Waals surface area contributed by atoms with Gasteiger partial charge >= 0.3 is 5.92 Å². The Morgan fingerprint density at radius 1 is 0.906 bits per heavy atom. The van der Waals surface area contributed by atoms with Crippen molar-refractivity contribution >= 4 is 74.0 Å². The first-order valence-electron chi connectivity index (χ1n) is 22.5. The van der Waals surface area contributed by atoms with Crippen LogP contribution in [0.15, 0.2) is 47.4 Å². The molecule has 2 atom stereocenters. The smallest absolute Gasteiger partial charge is 0.301 e. The molecule has 2 aliphatic carbocycles. The molecule has 15 nitrogen and oxygen atoms in total. The Morgan fingerprint density at radius 2 is 1.67 bits per heavy atom. The van der Waals surface area contributed by atoms with Gasteiger partial charge in [0.15, 0.2) is 12.4 Å². The normalized spacial score (nSPS) is 23.6. The van der Waals surface area contributed by atoms with Crippen molar-refractivity contribution < 1.29 is 27.8 Å². The van der Waals surface area contributed by atoms with Crippen LogP contribution < -0.4 is 36.0 Å². The Balaban J connectivity index is 0.693. The summed E-state index contributed by atoms with van der Waals surface area (Å²) in [6.07, 6.45) is 10.4. The summed E-state index contributed by atoms with van der Waals surface area (Å²) < 4.78 is 45.9. The lowest BCUT2D eigenvalue weighted by Crippen LogP contribution is -2.58. The molecule has 5 aromatic rings. The number of fused-ring (bicyclic) bond motifs is 4. The van der Waals surface area contributed by atoms with Crippen LogP contribution >= 0.6 is 11.6 Å². The van der Waals surface area contributed by atoms with Crippen molar-refractivity contribution in [3.05, 3.63) is 63.7 Å². The molecule has 0 bridgehead atoms. The van der Waals surface area contributed by atoms with Crippen molar-refractivity contribution in [2.24, 2.45) is 25.4 Å². The van der Waals surface area contributed by atoms with Gasteiger partial charge in [-0.1, -0.05) is 11.6 Å². The molecule has 2 saturated carbocycles. The van der Waals surface area contributed by atoms with E-state index in [1.807, 2.05) is 23.9 Å². The van der Waals surface area contributed by atoms with Crippen LogP contribution in [0.2, 0.25) is 5.02 Å². The van der Waals surface area contributed by atoms with Gasteiger partial charge in [-0.05, 0) is 100 Å². The Hall–Kier alpha value is -5.55. The van der Waals surface area contributed by atoms with Crippen molar-refractivity contribution in [1.82, 2.24) is 29.6 Å². The van der Waals surface area contributed by atoms with Crippen molar-refractivity contribution in [3.63, 3.8) is 0 Å². The first-order chi connectivity index (χ1) is 30.8. The van der Waals surface area contributed by atoms with Crippen LogP contribution in [0.25, 0.3) is 21.8 Å². The number of aromatic nitrogens is 5. The molecule has 18 heteroatoms. The second kappa shape index (κ2) is 15.6. The topological polar surface area (TPSA) is 161 Å². The zero-order valence-corrected chi connectivity index (χ0v) is 36.6. The zero-order chi connectivity index (χ0) is 44.1. The minimum absolute atomic E-state index is 0.104. The van der Waals surface area contributed by atoms with Gasteiger partial charge in [0.25, 0.3) is 5.56 Å². The number of hydrogen-bond donors (Lipinski definition) is 3. The number of nitrogens with zero attached hydrogens (tertiary/aromatic N) is 7. The fraction of sp³-hybridized carbons (Fsp3) is 0.522. The van der Waals surface area contributed by atoms with Crippen molar-refractivity contribution in [2.75, 3.05) is 53.2 Å². The minimum Gasteiger partial charge on any atom is -0.480 e. The molecule has 1 spiro atoms. The third-order valence-corrected chi connectivity index (χ3v) is 14.8. The lowest BCUT2D eigenvalue weighted by molar-refractivity contribution is -0.134.